The second kappa shape index (κ2) is 7.12. The monoisotopic (exact) mass is 421 g/mol. The molecule has 32 heavy (non-hydrogen) atoms. The second-order valence-electron chi connectivity index (χ2n) is 8.76. The molecular formula is C26H23N5O. The maximum atomic E-state index is 13.1. The highest BCUT2D eigenvalue weighted by atomic mass is 16.1. The van der Waals surface area contributed by atoms with Gasteiger partial charge in [-0.3, -0.25) is 19.9 Å². The number of aromatic amines is 2. The van der Waals surface area contributed by atoms with E-state index in [0.717, 1.165) is 50.1 Å². The highest BCUT2D eigenvalue weighted by molar-refractivity contribution is 6.07. The SMILES string of the molecule is Cc1cccc([C@@H](C)C(=O)c2cc3cc4c(-c5ccnc(C6CC6)c5)[nH][nH]c4cc3n2)n1. The van der Waals surface area contributed by atoms with Crippen LogP contribution in [0.15, 0.2) is 54.7 Å². The standard InChI is InChI=1S/C26H23N5O/c1-14-4-3-5-20(28-14)15(2)26(32)24-12-18-10-19-23(13-22(18)29-24)30-31-25(19)17-8-9-27-21(11-17)16-6-7-16/h3-5,8-13,15-16,30-31H,6-7H2,1-2H3/t15-/m1/s1. The van der Waals surface area contributed by atoms with Gasteiger partial charge < -0.3 is 5.10 Å². The van der Waals surface area contributed by atoms with Crippen LogP contribution in [0, 0.1) is 6.92 Å². The average Bonchev–Trinajstić information content (AvgIpc) is 3.46. The van der Waals surface area contributed by atoms with Crippen molar-refractivity contribution >= 4 is 27.6 Å². The van der Waals surface area contributed by atoms with Crippen molar-refractivity contribution in [3.05, 3.63) is 77.5 Å². The Morgan fingerprint density at radius 1 is 1.06 bits per heavy atom. The first-order chi connectivity index (χ1) is 15.6. The zero-order chi connectivity index (χ0) is 21.8. The van der Waals surface area contributed by atoms with Crippen LogP contribution in [0.5, 0.6) is 0 Å². The van der Waals surface area contributed by atoms with Crippen LogP contribution in [0.4, 0.5) is 0 Å². The van der Waals surface area contributed by atoms with Crippen molar-refractivity contribution in [2.24, 2.45) is 0 Å². The second-order valence-corrected chi connectivity index (χ2v) is 8.76. The summed E-state index contributed by atoms with van der Waals surface area (Å²) in [6, 6.07) is 16.0. The topological polar surface area (TPSA) is 87.3 Å². The van der Waals surface area contributed by atoms with Gasteiger partial charge in [-0.2, -0.15) is 0 Å². The summed E-state index contributed by atoms with van der Waals surface area (Å²) in [5.41, 5.74) is 7.22. The normalized spacial score (nSPS) is 14.8. The minimum Gasteiger partial charge on any atom is -0.300 e. The summed E-state index contributed by atoms with van der Waals surface area (Å²) in [6.45, 7) is 3.82. The van der Waals surface area contributed by atoms with Gasteiger partial charge in [0.25, 0.3) is 0 Å². The lowest BCUT2D eigenvalue weighted by Gasteiger charge is -2.08. The molecule has 6 rings (SSSR count). The molecule has 0 amide bonds. The number of pyridine rings is 2. The first-order valence-electron chi connectivity index (χ1n) is 11.0. The van der Waals surface area contributed by atoms with Crippen LogP contribution in [-0.2, 0) is 0 Å². The number of carbonyl (C=O) groups excluding carboxylic acids is 1. The van der Waals surface area contributed by atoms with Gasteiger partial charge in [0.05, 0.1) is 28.3 Å². The molecule has 0 aliphatic heterocycles. The Morgan fingerprint density at radius 2 is 1.94 bits per heavy atom. The molecule has 6 nitrogen and oxygen atoms in total. The Bertz CT molecular complexity index is 1490. The molecule has 0 radical (unpaired) electrons. The van der Waals surface area contributed by atoms with Crippen LogP contribution in [0.3, 0.4) is 0 Å². The van der Waals surface area contributed by atoms with Crippen LogP contribution in [-0.4, -0.2) is 30.9 Å². The number of ketones is 1. The highest BCUT2D eigenvalue weighted by Gasteiger charge is 2.25. The number of nitrogens with one attached hydrogen (secondary N) is 2. The number of rotatable bonds is 5. The summed E-state index contributed by atoms with van der Waals surface area (Å²) < 4.78 is 0. The molecule has 1 fully saturated rings. The van der Waals surface area contributed by atoms with E-state index in [1.54, 1.807) is 0 Å². The quantitative estimate of drug-likeness (QED) is 0.358. The summed E-state index contributed by atoms with van der Waals surface area (Å²) >= 11 is 0. The molecule has 6 heteroatoms. The maximum absolute atomic E-state index is 13.1. The molecule has 0 bridgehead atoms. The fourth-order valence-electron chi connectivity index (χ4n) is 4.36. The van der Waals surface area contributed by atoms with E-state index < -0.39 is 0 Å². The average molecular weight is 422 g/mol. The first-order valence-corrected chi connectivity index (χ1v) is 11.0. The number of nitrogens with zero attached hydrogens (tertiary/aromatic N) is 3. The van der Waals surface area contributed by atoms with Crippen LogP contribution in [0.1, 0.15) is 59.2 Å². The Kier molecular flexibility index (Phi) is 4.21. The third kappa shape index (κ3) is 3.19. The minimum absolute atomic E-state index is 0.0158. The van der Waals surface area contributed by atoms with Gasteiger partial charge in [-0.25, -0.2) is 4.98 Å². The Labute approximate surface area is 185 Å². The molecule has 1 aliphatic rings. The Morgan fingerprint density at radius 3 is 2.75 bits per heavy atom. The minimum atomic E-state index is -0.342. The van der Waals surface area contributed by atoms with E-state index in [9.17, 15) is 4.79 Å². The van der Waals surface area contributed by atoms with Crippen molar-refractivity contribution < 1.29 is 4.79 Å². The van der Waals surface area contributed by atoms with E-state index in [1.807, 2.05) is 56.4 Å². The number of hydrogen-bond acceptors (Lipinski definition) is 4. The van der Waals surface area contributed by atoms with Gasteiger partial charge in [0, 0.05) is 39.8 Å². The molecule has 0 unspecified atom stereocenters. The molecule has 1 saturated carbocycles. The number of H-pyrrole nitrogens is 2. The zero-order valence-electron chi connectivity index (χ0n) is 18.0. The fraction of sp³-hybridized carbons (Fsp3) is 0.231. The van der Waals surface area contributed by atoms with Crippen LogP contribution in [0.25, 0.3) is 33.1 Å². The lowest BCUT2D eigenvalue weighted by molar-refractivity contribution is 0.0960. The lowest BCUT2D eigenvalue weighted by Crippen LogP contribution is -2.11. The number of benzene rings is 1. The van der Waals surface area contributed by atoms with Gasteiger partial charge in [0.1, 0.15) is 5.69 Å². The molecule has 1 aromatic carbocycles. The van der Waals surface area contributed by atoms with Crippen LogP contribution >= 0.6 is 0 Å². The van der Waals surface area contributed by atoms with E-state index in [1.165, 1.54) is 12.8 Å². The molecular weight excluding hydrogens is 398 g/mol. The Balaban J connectivity index is 1.38. The fourth-order valence-corrected chi connectivity index (χ4v) is 4.36. The Hall–Kier alpha value is -3.80. The number of hydrogen-bond donors (Lipinski definition) is 2. The van der Waals surface area contributed by atoms with Gasteiger partial charge in [-0.1, -0.05) is 6.07 Å². The summed E-state index contributed by atoms with van der Waals surface area (Å²) in [6.07, 6.45) is 4.33. The summed E-state index contributed by atoms with van der Waals surface area (Å²) in [5.74, 6) is 0.244. The molecule has 1 atom stereocenters. The van der Waals surface area contributed by atoms with Crippen LogP contribution < -0.4 is 0 Å². The van der Waals surface area contributed by atoms with E-state index in [4.69, 9.17) is 0 Å². The molecule has 0 saturated heterocycles. The molecule has 5 aromatic rings. The van der Waals surface area contributed by atoms with E-state index in [2.05, 4.69) is 37.3 Å². The predicted octanol–water partition coefficient (Wildman–Crippen LogP) is 5.67. The molecule has 158 valence electrons. The van der Waals surface area contributed by atoms with Gasteiger partial charge in [-0.15, -0.1) is 0 Å². The number of aryl methyl sites for hydroxylation is 1. The number of aromatic nitrogens is 5. The zero-order valence-corrected chi connectivity index (χ0v) is 18.0. The summed E-state index contributed by atoms with van der Waals surface area (Å²) in [7, 11) is 0. The van der Waals surface area contributed by atoms with E-state index in [-0.39, 0.29) is 11.7 Å². The van der Waals surface area contributed by atoms with Gasteiger partial charge in [0.2, 0.25) is 0 Å². The third-order valence-corrected chi connectivity index (χ3v) is 6.36. The van der Waals surface area contributed by atoms with Crippen molar-refractivity contribution in [3.8, 4) is 11.3 Å². The summed E-state index contributed by atoms with van der Waals surface area (Å²) in [5, 5.41) is 8.59. The van der Waals surface area contributed by atoms with Crippen molar-refractivity contribution in [3.63, 3.8) is 0 Å². The number of fused-ring (bicyclic) bond motifs is 2. The lowest BCUT2D eigenvalue weighted by atomic mass is 9.99. The molecule has 4 aromatic heterocycles. The van der Waals surface area contributed by atoms with Gasteiger partial charge in [0.15, 0.2) is 5.78 Å². The summed E-state index contributed by atoms with van der Waals surface area (Å²) in [4.78, 5) is 26.8. The van der Waals surface area contributed by atoms with E-state index >= 15 is 0 Å². The number of carbonyl (C=O) groups is 1. The van der Waals surface area contributed by atoms with Gasteiger partial charge >= 0.3 is 0 Å². The van der Waals surface area contributed by atoms with Gasteiger partial charge in [-0.05, 0) is 69.2 Å². The van der Waals surface area contributed by atoms with Crippen LogP contribution in [0.2, 0.25) is 0 Å². The van der Waals surface area contributed by atoms with Crippen molar-refractivity contribution in [1.82, 2.24) is 25.1 Å². The number of Topliss-reactive ketones (excluding diaryl/α,β-unsaturated/α-hetero) is 1. The first kappa shape index (κ1) is 18.9. The molecule has 1 aliphatic carbocycles. The van der Waals surface area contributed by atoms with Crippen molar-refractivity contribution in [1.29, 1.82) is 0 Å². The molecule has 0 spiro atoms. The molecule has 4 heterocycles. The highest BCUT2D eigenvalue weighted by Crippen LogP contribution is 2.40. The van der Waals surface area contributed by atoms with Crippen molar-refractivity contribution in [2.45, 2.75) is 38.5 Å². The third-order valence-electron chi connectivity index (χ3n) is 6.36. The molecule has 2 N–H and O–H groups in total. The maximum Gasteiger partial charge on any atom is 0.189 e. The van der Waals surface area contributed by atoms with E-state index in [0.29, 0.717) is 11.6 Å². The largest absolute Gasteiger partial charge is 0.300 e. The predicted molar refractivity (Wildman–Crippen MR) is 125 cm³/mol. The smallest absolute Gasteiger partial charge is 0.189 e. The van der Waals surface area contributed by atoms with Crippen molar-refractivity contribution in [2.75, 3.05) is 0 Å².